The molecule has 20 heavy (non-hydrogen) atoms. The molecule has 0 amide bonds. The van der Waals surface area contributed by atoms with Gasteiger partial charge in [-0.25, -0.2) is 4.79 Å². The first-order valence-electron chi connectivity index (χ1n) is 7.01. The minimum atomic E-state index is -0.912. The molecule has 1 aliphatic rings. The highest BCUT2D eigenvalue weighted by molar-refractivity contribution is 8.00. The van der Waals surface area contributed by atoms with Crippen LogP contribution in [-0.4, -0.2) is 40.1 Å². The average Bonchev–Trinajstić information content (AvgIpc) is 2.47. The molecular weight excluding hydrogens is 270 g/mol. The van der Waals surface area contributed by atoms with Gasteiger partial charge in [-0.3, -0.25) is 4.90 Å². The van der Waals surface area contributed by atoms with Crippen LogP contribution in [0.3, 0.4) is 0 Å². The molecule has 0 aliphatic carbocycles. The number of benzene rings is 1. The summed E-state index contributed by atoms with van der Waals surface area (Å²) in [7, 11) is 0. The highest BCUT2D eigenvalue weighted by Crippen LogP contribution is 2.22. The predicted octanol–water partition coefficient (Wildman–Crippen LogP) is 3.11. The molecule has 1 aromatic rings. The highest BCUT2D eigenvalue weighted by Gasteiger charge is 2.18. The van der Waals surface area contributed by atoms with Gasteiger partial charge in [-0.15, -0.1) is 0 Å². The Bertz CT molecular complexity index is 470. The van der Waals surface area contributed by atoms with Gasteiger partial charge in [0.2, 0.25) is 0 Å². The fraction of sp³-hybridized carbons (Fsp3) is 0.438. The van der Waals surface area contributed by atoms with Crippen LogP contribution in [0.15, 0.2) is 30.3 Å². The van der Waals surface area contributed by atoms with E-state index in [-0.39, 0.29) is 0 Å². The van der Waals surface area contributed by atoms with Crippen LogP contribution >= 0.6 is 11.8 Å². The Hall–Kier alpha value is -1.26. The third-order valence-electron chi connectivity index (χ3n) is 3.48. The van der Waals surface area contributed by atoms with E-state index in [2.05, 4.69) is 35.7 Å². The second-order valence-corrected chi connectivity index (χ2v) is 6.46. The molecule has 0 spiro atoms. The predicted molar refractivity (Wildman–Crippen MR) is 84.9 cm³/mol. The van der Waals surface area contributed by atoms with Crippen LogP contribution in [0.5, 0.6) is 0 Å². The smallest absolute Gasteiger partial charge is 0.328 e. The van der Waals surface area contributed by atoms with Crippen molar-refractivity contribution in [2.75, 3.05) is 18.8 Å². The summed E-state index contributed by atoms with van der Waals surface area (Å²) in [4.78, 5) is 13.0. The van der Waals surface area contributed by atoms with Gasteiger partial charge in [0.25, 0.3) is 0 Å². The van der Waals surface area contributed by atoms with E-state index < -0.39 is 5.97 Å². The standard InChI is InChI=1S/C16H21NO2S/c1-2-15-12-17(9-10-20-15)11-14-5-3-13(4-6-14)7-8-16(18)19/h3-8,15H,2,9-12H2,1H3,(H,18,19)/b8-7+. The molecular formula is C16H21NO2S. The first-order chi connectivity index (χ1) is 9.67. The summed E-state index contributed by atoms with van der Waals surface area (Å²) in [6, 6.07) is 8.13. The van der Waals surface area contributed by atoms with Gasteiger partial charge in [0.1, 0.15) is 0 Å². The summed E-state index contributed by atoms with van der Waals surface area (Å²) in [6.45, 7) is 5.56. The molecule has 4 heteroatoms. The molecule has 0 aromatic heterocycles. The topological polar surface area (TPSA) is 40.5 Å². The van der Waals surface area contributed by atoms with Gasteiger partial charge >= 0.3 is 5.97 Å². The quantitative estimate of drug-likeness (QED) is 0.846. The first-order valence-corrected chi connectivity index (χ1v) is 8.06. The van der Waals surface area contributed by atoms with Crippen LogP contribution in [0.2, 0.25) is 0 Å². The van der Waals surface area contributed by atoms with Crippen LogP contribution in [0.25, 0.3) is 6.08 Å². The number of hydrogen-bond donors (Lipinski definition) is 1. The molecule has 1 saturated heterocycles. The maximum absolute atomic E-state index is 10.5. The Balaban J connectivity index is 1.91. The number of nitrogens with zero attached hydrogens (tertiary/aromatic N) is 1. The van der Waals surface area contributed by atoms with Gasteiger partial charge in [0.15, 0.2) is 0 Å². The van der Waals surface area contributed by atoms with Crippen LogP contribution in [0.4, 0.5) is 0 Å². The summed E-state index contributed by atoms with van der Waals surface area (Å²) >= 11 is 2.08. The Kier molecular flexibility index (Phi) is 5.68. The van der Waals surface area contributed by atoms with Crippen molar-refractivity contribution in [3.05, 3.63) is 41.5 Å². The Morgan fingerprint density at radius 2 is 2.20 bits per heavy atom. The van der Waals surface area contributed by atoms with Crippen molar-refractivity contribution >= 4 is 23.8 Å². The average molecular weight is 291 g/mol. The molecule has 108 valence electrons. The van der Waals surface area contributed by atoms with Gasteiger partial charge in [0, 0.05) is 36.7 Å². The SMILES string of the molecule is CCC1CN(Cc2ccc(/C=C/C(=O)O)cc2)CCS1. The molecule has 1 heterocycles. The normalized spacial score (nSPS) is 20.4. The van der Waals surface area contributed by atoms with Gasteiger partial charge in [-0.05, 0) is 23.6 Å². The van der Waals surface area contributed by atoms with E-state index in [1.54, 1.807) is 6.08 Å². The summed E-state index contributed by atoms with van der Waals surface area (Å²) in [5.74, 6) is 0.309. The fourth-order valence-corrected chi connectivity index (χ4v) is 3.58. The molecule has 1 aromatic carbocycles. The van der Waals surface area contributed by atoms with Gasteiger partial charge < -0.3 is 5.11 Å². The lowest BCUT2D eigenvalue weighted by Crippen LogP contribution is -2.36. The van der Waals surface area contributed by atoms with E-state index in [0.29, 0.717) is 0 Å². The van der Waals surface area contributed by atoms with Gasteiger partial charge in [0.05, 0.1) is 0 Å². The van der Waals surface area contributed by atoms with Crippen molar-refractivity contribution in [1.82, 2.24) is 4.90 Å². The zero-order valence-electron chi connectivity index (χ0n) is 11.8. The number of hydrogen-bond acceptors (Lipinski definition) is 3. The van der Waals surface area contributed by atoms with Crippen LogP contribution < -0.4 is 0 Å². The molecule has 1 aliphatic heterocycles. The van der Waals surface area contributed by atoms with E-state index in [0.717, 1.165) is 23.9 Å². The molecule has 0 radical (unpaired) electrons. The molecule has 1 unspecified atom stereocenters. The third-order valence-corrected chi connectivity index (χ3v) is 4.85. The van der Waals surface area contributed by atoms with E-state index in [4.69, 9.17) is 5.11 Å². The van der Waals surface area contributed by atoms with Gasteiger partial charge in [-0.1, -0.05) is 31.2 Å². The Labute approximate surface area is 124 Å². The van der Waals surface area contributed by atoms with Crippen molar-refractivity contribution in [2.24, 2.45) is 0 Å². The maximum Gasteiger partial charge on any atom is 0.328 e. The zero-order chi connectivity index (χ0) is 14.4. The van der Waals surface area contributed by atoms with Gasteiger partial charge in [-0.2, -0.15) is 11.8 Å². The van der Waals surface area contributed by atoms with Crippen molar-refractivity contribution in [1.29, 1.82) is 0 Å². The van der Waals surface area contributed by atoms with Crippen molar-refractivity contribution in [3.63, 3.8) is 0 Å². The number of thioether (sulfide) groups is 1. The van der Waals surface area contributed by atoms with E-state index in [1.165, 1.54) is 30.4 Å². The van der Waals surface area contributed by atoms with Crippen molar-refractivity contribution < 1.29 is 9.90 Å². The largest absolute Gasteiger partial charge is 0.478 e. The number of aliphatic carboxylic acids is 1. The zero-order valence-corrected chi connectivity index (χ0v) is 12.6. The lowest BCUT2D eigenvalue weighted by atomic mass is 10.1. The minimum absolute atomic E-state index is 0.765. The van der Waals surface area contributed by atoms with Crippen LogP contribution in [-0.2, 0) is 11.3 Å². The molecule has 2 rings (SSSR count). The summed E-state index contributed by atoms with van der Waals surface area (Å²) in [5.41, 5.74) is 2.22. The maximum atomic E-state index is 10.5. The van der Waals surface area contributed by atoms with E-state index >= 15 is 0 Å². The second-order valence-electron chi connectivity index (χ2n) is 5.05. The highest BCUT2D eigenvalue weighted by atomic mass is 32.2. The molecule has 3 nitrogen and oxygen atoms in total. The van der Waals surface area contributed by atoms with Crippen LogP contribution in [0, 0.1) is 0 Å². The molecule has 0 bridgehead atoms. The summed E-state index contributed by atoms with van der Waals surface area (Å²) in [5, 5.41) is 9.36. The van der Waals surface area contributed by atoms with E-state index in [9.17, 15) is 4.79 Å². The minimum Gasteiger partial charge on any atom is -0.478 e. The molecule has 1 atom stereocenters. The monoisotopic (exact) mass is 291 g/mol. The second kappa shape index (κ2) is 7.50. The fourth-order valence-electron chi connectivity index (χ4n) is 2.33. The van der Waals surface area contributed by atoms with Crippen molar-refractivity contribution in [2.45, 2.75) is 25.1 Å². The number of rotatable bonds is 5. The molecule has 1 fully saturated rings. The first kappa shape index (κ1) is 15.1. The molecule has 1 N–H and O–H groups in total. The molecule has 0 saturated carbocycles. The third kappa shape index (κ3) is 4.69. The lowest BCUT2D eigenvalue weighted by Gasteiger charge is -2.31. The Morgan fingerprint density at radius 3 is 2.85 bits per heavy atom. The number of carbonyl (C=O) groups is 1. The number of carboxylic acids is 1. The van der Waals surface area contributed by atoms with Crippen molar-refractivity contribution in [3.8, 4) is 0 Å². The summed E-state index contributed by atoms with van der Waals surface area (Å²) < 4.78 is 0. The Morgan fingerprint density at radius 1 is 1.45 bits per heavy atom. The van der Waals surface area contributed by atoms with E-state index in [1.807, 2.05) is 12.1 Å². The number of carboxylic acid groups (broad SMARTS) is 1. The lowest BCUT2D eigenvalue weighted by molar-refractivity contribution is -0.131. The summed E-state index contributed by atoms with van der Waals surface area (Å²) in [6.07, 6.45) is 4.03. The van der Waals surface area contributed by atoms with Crippen LogP contribution in [0.1, 0.15) is 24.5 Å².